The molecule has 1 N–H and O–H groups in total. The predicted molar refractivity (Wildman–Crippen MR) is 85.7 cm³/mol. The zero-order chi connectivity index (χ0) is 19.1. The van der Waals surface area contributed by atoms with Crippen molar-refractivity contribution in [3.8, 4) is 0 Å². The highest BCUT2D eigenvalue weighted by Gasteiger charge is 2.36. The fraction of sp³-hybridized carbons (Fsp3) is 0.333. The van der Waals surface area contributed by atoms with E-state index in [0.717, 1.165) is 12.1 Å². The second-order valence-corrected chi connectivity index (χ2v) is 5.83. The van der Waals surface area contributed by atoms with Gasteiger partial charge in [0, 0.05) is 25.9 Å². The van der Waals surface area contributed by atoms with Crippen LogP contribution in [0.2, 0.25) is 0 Å². The minimum absolute atomic E-state index is 0.130. The van der Waals surface area contributed by atoms with Crippen LogP contribution >= 0.6 is 0 Å². The van der Waals surface area contributed by atoms with Gasteiger partial charge < -0.3 is 10.2 Å². The molecule has 138 valence electrons. The molecule has 1 aromatic heterocycles. The Balaban J connectivity index is 1.83. The second-order valence-electron chi connectivity index (χ2n) is 5.83. The number of aryl methyl sites for hydroxylation is 1. The average molecular weight is 369 g/mol. The molecule has 1 amide bonds. The van der Waals surface area contributed by atoms with E-state index < -0.39 is 28.4 Å². The molecule has 0 saturated carbocycles. The summed E-state index contributed by atoms with van der Waals surface area (Å²) in [5, 5.41) is 17.8. The Labute approximate surface area is 145 Å². The molecule has 0 spiro atoms. The molecule has 0 aliphatic carbocycles. The van der Waals surface area contributed by atoms with Crippen LogP contribution in [0.5, 0.6) is 0 Å². The molecule has 26 heavy (non-hydrogen) atoms. The summed E-state index contributed by atoms with van der Waals surface area (Å²) >= 11 is 0. The van der Waals surface area contributed by atoms with Crippen LogP contribution in [0.3, 0.4) is 0 Å². The van der Waals surface area contributed by atoms with Gasteiger partial charge in [-0.3, -0.25) is 19.6 Å². The molecule has 1 saturated heterocycles. The number of nitrogens with one attached hydrogen (secondary N) is 1. The third-order valence-electron chi connectivity index (χ3n) is 4.06. The van der Waals surface area contributed by atoms with E-state index in [0.29, 0.717) is 24.7 Å². The molecule has 1 aliphatic rings. The van der Waals surface area contributed by atoms with Crippen molar-refractivity contribution in [2.75, 3.05) is 16.8 Å². The quantitative estimate of drug-likeness (QED) is 0.660. The molecule has 2 aromatic rings. The lowest BCUT2D eigenvalue weighted by Gasteiger charge is -2.16. The molecular formula is C15H14F3N5O3. The Morgan fingerprint density at radius 1 is 1.38 bits per heavy atom. The molecular weight excluding hydrogens is 355 g/mol. The zero-order valence-electron chi connectivity index (χ0n) is 13.5. The van der Waals surface area contributed by atoms with Crippen molar-refractivity contribution in [1.82, 2.24) is 9.78 Å². The third-order valence-corrected chi connectivity index (χ3v) is 4.06. The van der Waals surface area contributed by atoms with Crippen molar-refractivity contribution in [3.05, 3.63) is 46.3 Å². The first kappa shape index (κ1) is 17.7. The number of halogens is 3. The van der Waals surface area contributed by atoms with E-state index >= 15 is 0 Å². The summed E-state index contributed by atoms with van der Waals surface area (Å²) < 4.78 is 39.8. The van der Waals surface area contributed by atoms with Gasteiger partial charge in [0.25, 0.3) is 5.69 Å². The SMILES string of the molecule is Cn1cc(N2CCC(Nc3ccc(C(F)(F)F)cc3[N+](=O)[O-])C2=O)cn1. The van der Waals surface area contributed by atoms with Crippen molar-refractivity contribution in [2.45, 2.75) is 18.6 Å². The fourth-order valence-electron chi connectivity index (χ4n) is 2.79. The van der Waals surface area contributed by atoms with Gasteiger partial charge in [-0.1, -0.05) is 0 Å². The summed E-state index contributed by atoms with van der Waals surface area (Å²) in [5.74, 6) is -0.327. The van der Waals surface area contributed by atoms with Crippen LogP contribution in [0.25, 0.3) is 0 Å². The van der Waals surface area contributed by atoms with Crippen LogP contribution in [-0.4, -0.2) is 33.2 Å². The molecule has 1 aromatic carbocycles. The maximum atomic E-state index is 12.8. The number of hydrogen-bond acceptors (Lipinski definition) is 5. The maximum absolute atomic E-state index is 12.8. The van der Waals surface area contributed by atoms with Crippen LogP contribution in [0.4, 0.5) is 30.2 Å². The number of amides is 1. The number of benzene rings is 1. The molecule has 3 rings (SSSR count). The van der Waals surface area contributed by atoms with Crippen LogP contribution < -0.4 is 10.2 Å². The van der Waals surface area contributed by atoms with Gasteiger partial charge in [0.05, 0.1) is 22.4 Å². The average Bonchev–Trinajstić information content (AvgIpc) is 3.13. The number of alkyl halides is 3. The van der Waals surface area contributed by atoms with E-state index in [1.807, 2.05) is 0 Å². The van der Waals surface area contributed by atoms with Crippen LogP contribution in [0.1, 0.15) is 12.0 Å². The number of nitrogens with zero attached hydrogens (tertiary/aromatic N) is 4. The monoisotopic (exact) mass is 369 g/mol. The molecule has 2 heterocycles. The lowest BCUT2D eigenvalue weighted by atomic mass is 10.1. The lowest BCUT2D eigenvalue weighted by Crippen LogP contribution is -2.33. The number of carbonyl (C=O) groups is 1. The first-order valence-electron chi connectivity index (χ1n) is 7.59. The molecule has 0 radical (unpaired) electrons. The highest BCUT2D eigenvalue weighted by atomic mass is 19.4. The minimum Gasteiger partial charge on any atom is -0.368 e. The number of nitro benzene ring substituents is 1. The Kier molecular flexibility index (Phi) is 4.30. The minimum atomic E-state index is -4.69. The Morgan fingerprint density at radius 3 is 2.69 bits per heavy atom. The van der Waals surface area contributed by atoms with Gasteiger partial charge in [0.1, 0.15) is 11.7 Å². The van der Waals surface area contributed by atoms with E-state index in [9.17, 15) is 28.1 Å². The molecule has 1 fully saturated rings. The third kappa shape index (κ3) is 3.32. The Hall–Kier alpha value is -3.11. The summed E-state index contributed by atoms with van der Waals surface area (Å²) in [7, 11) is 1.70. The van der Waals surface area contributed by atoms with E-state index in [1.54, 1.807) is 13.2 Å². The zero-order valence-corrected chi connectivity index (χ0v) is 13.5. The van der Waals surface area contributed by atoms with Gasteiger partial charge in [0.2, 0.25) is 5.91 Å². The summed E-state index contributed by atoms with van der Waals surface area (Å²) in [6.45, 7) is 0.372. The standard InChI is InChI=1S/C15H14F3N5O3/c1-21-8-10(7-19-21)22-5-4-12(14(22)24)20-11-3-2-9(15(16,17)18)6-13(11)23(25)26/h2-3,6-8,12,20H,4-5H2,1H3. The number of aromatic nitrogens is 2. The normalized spacial score (nSPS) is 17.6. The number of carbonyl (C=O) groups excluding carboxylic acids is 1. The largest absolute Gasteiger partial charge is 0.416 e. The first-order chi connectivity index (χ1) is 12.2. The summed E-state index contributed by atoms with van der Waals surface area (Å²) in [4.78, 5) is 24.2. The van der Waals surface area contributed by atoms with Gasteiger partial charge in [0.15, 0.2) is 0 Å². The molecule has 1 unspecified atom stereocenters. The predicted octanol–water partition coefficient (Wildman–Crippen LogP) is 2.56. The van der Waals surface area contributed by atoms with E-state index in [-0.39, 0.29) is 11.6 Å². The van der Waals surface area contributed by atoms with Crippen molar-refractivity contribution in [3.63, 3.8) is 0 Å². The number of anilines is 2. The number of nitro groups is 1. The molecule has 0 bridgehead atoms. The molecule has 1 atom stereocenters. The number of rotatable bonds is 4. The van der Waals surface area contributed by atoms with E-state index in [4.69, 9.17) is 0 Å². The molecule has 1 aliphatic heterocycles. The van der Waals surface area contributed by atoms with E-state index in [2.05, 4.69) is 10.4 Å². The topological polar surface area (TPSA) is 93.3 Å². The van der Waals surface area contributed by atoms with Gasteiger partial charge >= 0.3 is 6.18 Å². The summed E-state index contributed by atoms with van der Waals surface area (Å²) in [6, 6.07) is 1.40. The fourth-order valence-corrected chi connectivity index (χ4v) is 2.79. The highest BCUT2D eigenvalue weighted by molar-refractivity contribution is 6.01. The van der Waals surface area contributed by atoms with Crippen LogP contribution in [0.15, 0.2) is 30.6 Å². The molecule has 11 heteroatoms. The van der Waals surface area contributed by atoms with Crippen molar-refractivity contribution in [1.29, 1.82) is 0 Å². The Morgan fingerprint density at radius 2 is 2.12 bits per heavy atom. The van der Waals surface area contributed by atoms with E-state index in [1.165, 1.54) is 15.8 Å². The van der Waals surface area contributed by atoms with Gasteiger partial charge in [-0.2, -0.15) is 18.3 Å². The van der Waals surface area contributed by atoms with Crippen LogP contribution in [-0.2, 0) is 18.0 Å². The highest BCUT2D eigenvalue weighted by Crippen LogP contribution is 2.36. The van der Waals surface area contributed by atoms with Gasteiger partial charge in [-0.25, -0.2) is 0 Å². The van der Waals surface area contributed by atoms with Gasteiger partial charge in [-0.05, 0) is 18.6 Å². The first-order valence-corrected chi connectivity index (χ1v) is 7.59. The van der Waals surface area contributed by atoms with Crippen molar-refractivity contribution < 1.29 is 22.9 Å². The van der Waals surface area contributed by atoms with Crippen molar-refractivity contribution >= 4 is 23.0 Å². The lowest BCUT2D eigenvalue weighted by molar-refractivity contribution is -0.384. The van der Waals surface area contributed by atoms with Crippen LogP contribution in [0, 0.1) is 10.1 Å². The summed E-state index contributed by atoms with van der Waals surface area (Å²) in [6.07, 6.45) is -1.17. The molecule has 8 nitrogen and oxygen atoms in total. The van der Waals surface area contributed by atoms with Crippen molar-refractivity contribution in [2.24, 2.45) is 7.05 Å². The Bertz CT molecular complexity index is 864. The maximum Gasteiger partial charge on any atom is 0.416 e. The second kappa shape index (κ2) is 6.32. The summed E-state index contributed by atoms with van der Waals surface area (Å²) in [5.41, 5.74) is -1.39. The van der Waals surface area contributed by atoms with Gasteiger partial charge in [-0.15, -0.1) is 0 Å². The number of hydrogen-bond donors (Lipinski definition) is 1. The smallest absolute Gasteiger partial charge is 0.368 e.